The van der Waals surface area contributed by atoms with Crippen LogP contribution in [-0.2, 0) is 12.8 Å². The van der Waals surface area contributed by atoms with Gasteiger partial charge in [0.05, 0.1) is 0 Å². The second kappa shape index (κ2) is 9.16. The molecular weight excluding hydrogens is 504 g/mol. The van der Waals surface area contributed by atoms with Crippen molar-refractivity contribution >= 4 is 33.7 Å². The molecule has 6 aromatic rings. The Morgan fingerprint density at radius 2 is 0.905 bits per heavy atom. The summed E-state index contributed by atoms with van der Waals surface area (Å²) in [6.45, 7) is 0. The first kappa shape index (κ1) is 24.0. The van der Waals surface area contributed by atoms with Crippen molar-refractivity contribution in [3.8, 4) is 22.3 Å². The average Bonchev–Trinajstić information content (AvgIpc) is 3.65. The van der Waals surface area contributed by atoms with Crippen molar-refractivity contribution < 1.29 is 0 Å². The minimum absolute atomic E-state index is 0.194. The predicted octanol–water partition coefficient (Wildman–Crippen LogP) is 11.1. The molecule has 0 heterocycles. The van der Waals surface area contributed by atoms with Crippen LogP contribution in [-0.4, -0.2) is 0 Å². The van der Waals surface area contributed by atoms with E-state index in [1.165, 1.54) is 85.3 Å². The van der Waals surface area contributed by atoms with E-state index < -0.39 is 0 Å². The molecule has 0 N–H and O–H groups in total. The van der Waals surface area contributed by atoms with Gasteiger partial charge in [0.15, 0.2) is 0 Å². The van der Waals surface area contributed by atoms with Crippen LogP contribution in [0.1, 0.15) is 41.5 Å². The smallest absolute Gasteiger partial charge is 0.0134 e. The first-order chi connectivity index (χ1) is 20.7. The molecular formula is C42H32. The predicted molar refractivity (Wildman–Crippen MR) is 178 cm³/mol. The van der Waals surface area contributed by atoms with Crippen LogP contribution in [0.15, 0.2) is 132 Å². The van der Waals surface area contributed by atoms with Crippen molar-refractivity contribution in [1.29, 1.82) is 0 Å². The lowest BCUT2D eigenvalue weighted by molar-refractivity contribution is 0.235. The maximum atomic E-state index is 2.58. The van der Waals surface area contributed by atoms with Crippen LogP contribution in [0.3, 0.4) is 0 Å². The molecule has 6 aromatic carbocycles. The normalized spacial score (nSPS) is 16.6. The summed E-state index contributed by atoms with van der Waals surface area (Å²) < 4.78 is 0. The molecule has 3 aliphatic rings. The molecule has 0 aromatic heterocycles. The molecule has 0 heteroatoms. The topological polar surface area (TPSA) is 0 Å². The standard InChI is InChI=1S/C42H32/c1-3-10-30-22-34(18-16-28(30)8-1)38-14-5-12-32-24-36(26-40(32)38)42(20-7-21-42)37-25-33-13-6-15-39(41(33)27-37)35-19-17-29-9-2-4-11-31(29)23-35/h1-6,8-19,22-23,26-27H,7,20-21,24-25H2. The van der Waals surface area contributed by atoms with Crippen LogP contribution in [0.4, 0.5) is 0 Å². The zero-order valence-electron chi connectivity index (χ0n) is 23.7. The van der Waals surface area contributed by atoms with E-state index in [0.717, 1.165) is 12.8 Å². The van der Waals surface area contributed by atoms with Crippen molar-refractivity contribution in [3.63, 3.8) is 0 Å². The summed E-state index contributed by atoms with van der Waals surface area (Å²) in [5.41, 5.74) is 14.6. The van der Waals surface area contributed by atoms with Crippen LogP contribution in [0.5, 0.6) is 0 Å². The Morgan fingerprint density at radius 1 is 0.429 bits per heavy atom. The minimum Gasteiger partial charge on any atom is -0.0616 e. The summed E-state index contributed by atoms with van der Waals surface area (Å²) in [5.74, 6) is 0. The fraction of sp³-hybridized carbons (Fsp3) is 0.143. The van der Waals surface area contributed by atoms with Gasteiger partial charge in [-0.2, -0.15) is 0 Å². The van der Waals surface area contributed by atoms with Crippen LogP contribution >= 0.6 is 0 Å². The highest BCUT2D eigenvalue weighted by Gasteiger charge is 2.46. The molecule has 0 nitrogen and oxygen atoms in total. The SMILES string of the molecule is C1=C(C2(C3=Cc4c(cccc4-c4ccc5ccccc5c4)C3)CCC2)Cc2cccc(-c3ccc4ccccc4c3)c21. The highest BCUT2D eigenvalue weighted by atomic mass is 14.5. The number of hydrogen-bond donors (Lipinski definition) is 0. The molecule has 0 atom stereocenters. The average molecular weight is 537 g/mol. The summed E-state index contributed by atoms with van der Waals surface area (Å²) in [6.07, 6.45) is 11.1. The summed E-state index contributed by atoms with van der Waals surface area (Å²) in [4.78, 5) is 0. The van der Waals surface area contributed by atoms with E-state index in [1.807, 2.05) is 0 Å². The van der Waals surface area contributed by atoms with Crippen molar-refractivity contribution in [2.24, 2.45) is 5.41 Å². The Balaban J connectivity index is 1.11. The molecule has 9 rings (SSSR count). The molecule has 0 aliphatic heterocycles. The highest BCUT2D eigenvalue weighted by Crippen LogP contribution is 2.58. The Morgan fingerprint density at radius 3 is 1.36 bits per heavy atom. The van der Waals surface area contributed by atoms with Crippen molar-refractivity contribution in [2.45, 2.75) is 32.1 Å². The van der Waals surface area contributed by atoms with Crippen LogP contribution in [0, 0.1) is 5.41 Å². The van der Waals surface area contributed by atoms with Gasteiger partial charge in [-0.15, -0.1) is 0 Å². The molecule has 1 saturated carbocycles. The molecule has 0 bridgehead atoms. The Hall–Kier alpha value is -4.68. The maximum Gasteiger partial charge on any atom is 0.0134 e. The largest absolute Gasteiger partial charge is 0.0616 e. The van der Waals surface area contributed by atoms with Gasteiger partial charge in [-0.1, -0.05) is 139 Å². The molecule has 0 radical (unpaired) electrons. The van der Waals surface area contributed by atoms with E-state index in [9.17, 15) is 0 Å². The van der Waals surface area contributed by atoms with Gasteiger partial charge in [0.2, 0.25) is 0 Å². The van der Waals surface area contributed by atoms with Gasteiger partial charge in [0.1, 0.15) is 0 Å². The molecule has 3 aliphatic carbocycles. The van der Waals surface area contributed by atoms with Gasteiger partial charge in [-0.3, -0.25) is 0 Å². The molecule has 200 valence electrons. The third-order valence-corrected chi connectivity index (χ3v) is 10.3. The molecule has 0 saturated heterocycles. The van der Waals surface area contributed by atoms with E-state index in [1.54, 1.807) is 11.1 Å². The summed E-state index contributed by atoms with van der Waals surface area (Å²) in [7, 11) is 0. The van der Waals surface area contributed by atoms with E-state index >= 15 is 0 Å². The number of hydrogen-bond acceptors (Lipinski definition) is 0. The van der Waals surface area contributed by atoms with Crippen LogP contribution in [0.2, 0.25) is 0 Å². The summed E-state index contributed by atoms with van der Waals surface area (Å²) in [6, 6.07) is 45.1. The fourth-order valence-corrected chi connectivity index (χ4v) is 7.95. The van der Waals surface area contributed by atoms with Gasteiger partial charge >= 0.3 is 0 Å². The number of benzene rings is 6. The Labute approximate surface area is 247 Å². The van der Waals surface area contributed by atoms with E-state index in [0.29, 0.717) is 0 Å². The highest BCUT2D eigenvalue weighted by molar-refractivity contribution is 5.92. The molecule has 0 unspecified atom stereocenters. The lowest BCUT2D eigenvalue weighted by Gasteiger charge is -2.45. The van der Waals surface area contributed by atoms with Gasteiger partial charge < -0.3 is 0 Å². The van der Waals surface area contributed by atoms with E-state index in [2.05, 4.69) is 133 Å². The quantitative estimate of drug-likeness (QED) is 0.210. The molecule has 1 fully saturated rings. The Bertz CT molecular complexity index is 1970. The van der Waals surface area contributed by atoms with Crippen molar-refractivity contribution in [1.82, 2.24) is 0 Å². The number of fused-ring (bicyclic) bond motifs is 4. The van der Waals surface area contributed by atoms with E-state index in [-0.39, 0.29) is 5.41 Å². The monoisotopic (exact) mass is 536 g/mol. The minimum atomic E-state index is 0.194. The van der Waals surface area contributed by atoms with Crippen LogP contribution < -0.4 is 0 Å². The third-order valence-electron chi connectivity index (χ3n) is 10.3. The first-order valence-corrected chi connectivity index (χ1v) is 15.4. The van der Waals surface area contributed by atoms with Gasteiger partial charge in [-0.25, -0.2) is 0 Å². The lowest BCUT2D eigenvalue weighted by atomic mass is 9.59. The fourth-order valence-electron chi connectivity index (χ4n) is 7.95. The molecule has 0 spiro atoms. The Kier molecular flexibility index (Phi) is 5.23. The van der Waals surface area contributed by atoms with Crippen molar-refractivity contribution in [2.75, 3.05) is 0 Å². The maximum absolute atomic E-state index is 2.58. The second-order valence-corrected chi connectivity index (χ2v) is 12.5. The molecule has 42 heavy (non-hydrogen) atoms. The summed E-state index contributed by atoms with van der Waals surface area (Å²) >= 11 is 0. The van der Waals surface area contributed by atoms with Gasteiger partial charge in [-0.05, 0) is 104 Å². The van der Waals surface area contributed by atoms with Gasteiger partial charge in [0, 0.05) is 5.41 Å². The zero-order valence-corrected chi connectivity index (χ0v) is 23.7. The first-order valence-electron chi connectivity index (χ1n) is 15.4. The van der Waals surface area contributed by atoms with Crippen LogP contribution in [0.25, 0.3) is 56.0 Å². The van der Waals surface area contributed by atoms with E-state index in [4.69, 9.17) is 0 Å². The molecule has 0 amide bonds. The number of rotatable bonds is 4. The lowest BCUT2D eigenvalue weighted by Crippen LogP contribution is -2.34. The second-order valence-electron chi connectivity index (χ2n) is 12.5. The summed E-state index contributed by atoms with van der Waals surface area (Å²) in [5, 5.41) is 5.21. The third kappa shape index (κ3) is 3.61. The number of allylic oxidation sites excluding steroid dienone is 2. The zero-order chi connectivity index (χ0) is 27.7. The van der Waals surface area contributed by atoms with Gasteiger partial charge in [0.25, 0.3) is 0 Å². The van der Waals surface area contributed by atoms with Crippen molar-refractivity contribution in [3.05, 3.63) is 155 Å².